The summed E-state index contributed by atoms with van der Waals surface area (Å²) in [6.45, 7) is 11.2. The number of hydrogen-bond donors (Lipinski definition) is 1. The molecule has 1 aromatic carbocycles. The zero-order chi connectivity index (χ0) is 24.4. The van der Waals surface area contributed by atoms with Gasteiger partial charge in [-0.3, -0.25) is 9.79 Å². The lowest BCUT2D eigenvalue weighted by atomic mass is 10.0. The number of aryl methyl sites for hydroxylation is 2. The summed E-state index contributed by atoms with van der Waals surface area (Å²) in [5.74, 6) is 1.33. The average Bonchev–Trinajstić information content (AvgIpc) is 3.41. The van der Waals surface area contributed by atoms with Crippen LogP contribution in [0.2, 0.25) is 0 Å². The molecule has 1 N–H and O–H groups in total. The van der Waals surface area contributed by atoms with Crippen molar-refractivity contribution in [3.63, 3.8) is 0 Å². The van der Waals surface area contributed by atoms with Gasteiger partial charge in [-0.25, -0.2) is 0 Å². The summed E-state index contributed by atoms with van der Waals surface area (Å²) in [5, 5.41) is 14.7. The van der Waals surface area contributed by atoms with Gasteiger partial charge in [-0.05, 0) is 63.6 Å². The molecule has 0 saturated carbocycles. The van der Waals surface area contributed by atoms with Crippen molar-refractivity contribution in [3.8, 4) is 16.9 Å². The minimum atomic E-state index is -0.288. The number of β-amino-alcohol motifs (C(OH)–C–C–N with tert-alkyl or cyclic N) is 1. The predicted octanol–water partition coefficient (Wildman–Crippen LogP) is 3.84. The van der Waals surface area contributed by atoms with Gasteiger partial charge in [0.1, 0.15) is 11.5 Å². The van der Waals surface area contributed by atoms with E-state index in [0.29, 0.717) is 23.8 Å². The Kier molecular flexibility index (Phi) is 6.70. The van der Waals surface area contributed by atoms with E-state index < -0.39 is 0 Å². The van der Waals surface area contributed by atoms with Crippen molar-refractivity contribution in [1.82, 2.24) is 14.6 Å². The molecule has 2 aromatic heterocycles. The van der Waals surface area contributed by atoms with E-state index in [1.54, 1.807) is 17.7 Å². The van der Waals surface area contributed by atoms with Gasteiger partial charge in [0.15, 0.2) is 0 Å². The van der Waals surface area contributed by atoms with E-state index in [4.69, 9.17) is 9.26 Å². The lowest BCUT2D eigenvalue weighted by Crippen LogP contribution is -2.20. The van der Waals surface area contributed by atoms with Crippen LogP contribution in [-0.4, -0.2) is 52.8 Å². The highest BCUT2D eigenvalue weighted by atomic mass is 16.5. The molecule has 1 aliphatic heterocycles. The summed E-state index contributed by atoms with van der Waals surface area (Å²) in [4.78, 5) is 19.1. The van der Waals surface area contributed by atoms with Crippen LogP contribution in [0.5, 0.6) is 5.75 Å². The van der Waals surface area contributed by atoms with E-state index in [1.807, 2.05) is 51.1 Å². The van der Waals surface area contributed by atoms with Crippen molar-refractivity contribution in [3.05, 3.63) is 69.6 Å². The van der Waals surface area contributed by atoms with Gasteiger partial charge >= 0.3 is 0 Å². The van der Waals surface area contributed by atoms with Crippen molar-refractivity contribution >= 4 is 17.6 Å². The molecular formula is C26H30N4O4. The van der Waals surface area contributed by atoms with Crippen LogP contribution in [0.4, 0.5) is 0 Å². The smallest absolute Gasteiger partial charge is 0.251 e. The van der Waals surface area contributed by atoms with Gasteiger partial charge in [0.05, 0.1) is 42.2 Å². The summed E-state index contributed by atoms with van der Waals surface area (Å²) < 4.78 is 12.7. The number of hydrogen-bond acceptors (Lipinski definition) is 7. The Bertz CT molecular complexity index is 1330. The van der Waals surface area contributed by atoms with Gasteiger partial charge in [-0.1, -0.05) is 5.16 Å². The number of fused-ring (bicyclic) bond motifs is 1. The Hall–Kier alpha value is -3.65. The zero-order valence-electron chi connectivity index (χ0n) is 20.0. The first-order valence-corrected chi connectivity index (χ1v) is 11.2. The third kappa shape index (κ3) is 4.54. The lowest BCUT2D eigenvalue weighted by molar-refractivity contribution is 0.184. The molecule has 1 fully saturated rings. The number of aliphatic hydroxyl groups is 1. The molecule has 0 bridgehead atoms. The summed E-state index contributed by atoms with van der Waals surface area (Å²) in [6.07, 6.45) is 4.30. The van der Waals surface area contributed by atoms with E-state index in [2.05, 4.69) is 21.8 Å². The normalized spacial score (nSPS) is 17.0. The van der Waals surface area contributed by atoms with Crippen LogP contribution < -0.4 is 10.3 Å². The summed E-state index contributed by atoms with van der Waals surface area (Å²) >= 11 is 0. The Balaban J connectivity index is 1.74. The van der Waals surface area contributed by atoms with Crippen molar-refractivity contribution in [1.29, 1.82) is 0 Å². The van der Waals surface area contributed by atoms with Crippen LogP contribution in [0.25, 0.3) is 22.0 Å². The number of benzene rings is 1. The average molecular weight is 463 g/mol. The van der Waals surface area contributed by atoms with Crippen molar-refractivity contribution < 1.29 is 14.4 Å². The van der Waals surface area contributed by atoms with Crippen LogP contribution in [-0.2, 0) is 6.54 Å². The number of aliphatic imine (C=N–C) groups is 1. The van der Waals surface area contributed by atoms with Crippen LogP contribution in [0, 0.1) is 13.8 Å². The van der Waals surface area contributed by atoms with Gasteiger partial charge in [0.25, 0.3) is 5.56 Å². The monoisotopic (exact) mass is 462 g/mol. The zero-order valence-corrected chi connectivity index (χ0v) is 20.0. The van der Waals surface area contributed by atoms with Crippen molar-refractivity contribution in [2.75, 3.05) is 20.2 Å². The largest absolute Gasteiger partial charge is 0.496 e. The first-order valence-electron chi connectivity index (χ1n) is 11.2. The van der Waals surface area contributed by atoms with Gasteiger partial charge < -0.3 is 23.8 Å². The Morgan fingerprint density at radius 1 is 1.35 bits per heavy atom. The number of nitrogens with zero attached hydrogens (tertiary/aromatic N) is 4. The molecule has 8 heteroatoms. The van der Waals surface area contributed by atoms with E-state index in [0.717, 1.165) is 46.4 Å². The molecule has 0 amide bonds. The molecule has 8 nitrogen and oxygen atoms in total. The maximum Gasteiger partial charge on any atom is 0.251 e. The number of methoxy groups -OCH3 is 1. The fourth-order valence-electron chi connectivity index (χ4n) is 4.42. The quantitative estimate of drug-likeness (QED) is 0.424. The minimum absolute atomic E-state index is 0.141. The Labute approximate surface area is 198 Å². The van der Waals surface area contributed by atoms with Gasteiger partial charge in [0, 0.05) is 36.5 Å². The maximum absolute atomic E-state index is 12.8. The molecule has 34 heavy (non-hydrogen) atoms. The maximum atomic E-state index is 12.8. The molecule has 4 rings (SSSR count). The molecular weight excluding hydrogens is 432 g/mol. The summed E-state index contributed by atoms with van der Waals surface area (Å²) in [6, 6.07) is 7.22. The first-order chi connectivity index (χ1) is 16.3. The van der Waals surface area contributed by atoms with Crippen molar-refractivity contribution in [2.24, 2.45) is 4.99 Å². The second kappa shape index (κ2) is 9.69. The van der Waals surface area contributed by atoms with E-state index in [1.165, 1.54) is 0 Å². The Morgan fingerprint density at radius 3 is 2.76 bits per heavy atom. The standard InChI is InChI=1S/C26H30N4O4/c1-16(29-11-10-21(31)15-29)6-8-20(27-4)14-30-23-13-24(33-5)22(12-19(23)7-9-25(30)32)26-17(2)28-34-18(26)3/h6-9,12-13,21,31H,4,10-11,14-15H2,1-3,5H3/b16-6+,20-8-. The highest BCUT2D eigenvalue weighted by molar-refractivity contribution is 5.89. The number of ether oxygens (including phenoxy) is 1. The third-order valence-electron chi connectivity index (χ3n) is 6.32. The molecule has 1 atom stereocenters. The van der Waals surface area contributed by atoms with E-state index in [-0.39, 0.29) is 18.2 Å². The molecule has 1 unspecified atom stereocenters. The van der Waals surface area contributed by atoms with Gasteiger partial charge in [-0.2, -0.15) is 0 Å². The predicted molar refractivity (Wildman–Crippen MR) is 133 cm³/mol. The molecule has 3 aromatic rings. The molecule has 0 spiro atoms. The SMILES string of the molecule is C=N/C(=C\C=C(/C)N1CCC(O)C1)Cn1c(=O)ccc2cc(-c3c(C)noc3C)c(OC)cc21. The van der Waals surface area contributed by atoms with E-state index in [9.17, 15) is 9.90 Å². The molecule has 3 heterocycles. The number of aliphatic hydroxyl groups excluding tert-OH is 1. The van der Waals surface area contributed by atoms with Gasteiger partial charge in [0.2, 0.25) is 0 Å². The molecule has 1 saturated heterocycles. The lowest BCUT2D eigenvalue weighted by Gasteiger charge is -2.18. The molecule has 0 radical (unpaired) electrons. The van der Waals surface area contributed by atoms with Crippen molar-refractivity contribution in [2.45, 2.75) is 39.8 Å². The summed E-state index contributed by atoms with van der Waals surface area (Å²) in [5.41, 5.74) is 4.81. The molecule has 1 aliphatic rings. The summed E-state index contributed by atoms with van der Waals surface area (Å²) in [7, 11) is 1.60. The minimum Gasteiger partial charge on any atom is -0.496 e. The highest BCUT2D eigenvalue weighted by Crippen LogP contribution is 2.37. The number of aromatic nitrogens is 2. The third-order valence-corrected chi connectivity index (χ3v) is 6.32. The Morgan fingerprint density at radius 2 is 2.15 bits per heavy atom. The second-order valence-electron chi connectivity index (χ2n) is 8.58. The fraction of sp³-hybridized carbons (Fsp3) is 0.346. The number of pyridine rings is 1. The topological polar surface area (TPSA) is 93.1 Å². The fourth-order valence-corrected chi connectivity index (χ4v) is 4.42. The molecule has 178 valence electrons. The molecule has 0 aliphatic carbocycles. The van der Waals surface area contributed by atoms with Crippen LogP contribution in [0.1, 0.15) is 24.8 Å². The van der Waals surface area contributed by atoms with Gasteiger partial charge in [-0.15, -0.1) is 0 Å². The first kappa shape index (κ1) is 23.5. The number of likely N-dealkylation sites (tertiary alicyclic amines) is 1. The van der Waals surface area contributed by atoms with Crippen LogP contribution in [0.3, 0.4) is 0 Å². The van der Waals surface area contributed by atoms with Crippen LogP contribution >= 0.6 is 0 Å². The number of allylic oxidation sites excluding steroid dienone is 4. The number of rotatable bonds is 7. The van der Waals surface area contributed by atoms with Crippen LogP contribution in [0.15, 0.2) is 62.1 Å². The van der Waals surface area contributed by atoms with E-state index >= 15 is 0 Å². The highest BCUT2D eigenvalue weighted by Gasteiger charge is 2.20. The second-order valence-corrected chi connectivity index (χ2v) is 8.58.